The van der Waals surface area contributed by atoms with Crippen LogP contribution >= 0.6 is 0 Å². The maximum absolute atomic E-state index is 14.3. The Morgan fingerprint density at radius 1 is 1.07 bits per heavy atom. The molecule has 11 nitrogen and oxygen atoms in total. The molecule has 4 heterocycles. The number of hydrogen-bond donors (Lipinski definition) is 1. The molecule has 2 N–H and O–H groups in total. The average molecular weight is 585 g/mol. The summed E-state index contributed by atoms with van der Waals surface area (Å²) in [5, 5.41) is 0. The first kappa shape index (κ1) is 28.6. The van der Waals surface area contributed by atoms with Gasteiger partial charge in [0.05, 0.1) is 33.2 Å². The van der Waals surface area contributed by atoms with Crippen LogP contribution in [-0.2, 0) is 17.8 Å². The number of fused-ring (bicyclic) bond motifs is 1. The van der Waals surface area contributed by atoms with Gasteiger partial charge < -0.3 is 29.6 Å². The lowest BCUT2D eigenvalue weighted by molar-refractivity contribution is 0.0304. The molecule has 2 fully saturated rings. The molecular formula is C32H36N6O5. The number of rotatable bonds is 8. The van der Waals surface area contributed by atoms with Crippen LogP contribution in [0.15, 0.2) is 65.7 Å². The molecule has 1 amide bonds. The third-order valence-electron chi connectivity index (χ3n) is 8.16. The lowest BCUT2D eigenvalue weighted by Gasteiger charge is -2.35. The number of piperidine rings is 1. The lowest BCUT2D eigenvalue weighted by Crippen LogP contribution is -2.45. The fraction of sp³-hybridized carbons (Fsp3) is 0.375. The second-order valence-electron chi connectivity index (χ2n) is 11.1. The monoisotopic (exact) mass is 584 g/mol. The van der Waals surface area contributed by atoms with Gasteiger partial charge in [-0.3, -0.25) is 19.0 Å². The summed E-state index contributed by atoms with van der Waals surface area (Å²) in [6.45, 7) is 3.20. The van der Waals surface area contributed by atoms with E-state index in [1.807, 2.05) is 34.9 Å². The van der Waals surface area contributed by atoms with Crippen molar-refractivity contribution in [2.45, 2.75) is 32.0 Å². The van der Waals surface area contributed by atoms with Crippen LogP contribution in [0.4, 0.5) is 5.82 Å². The van der Waals surface area contributed by atoms with E-state index in [0.29, 0.717) is 74.1 Å². The van der Waals surface area contributed by atoms with Gasteiger partial charge in [0.25, 0.3) is 11.5 Å². The van der Waals surface area contributed by atoms with Gasteiger partial charge in [-0.15, -0.1) is 0 Å². The van der Waals surface area contributed by atoms with Crippen molar-refractivity contribution < 1.29 is 19.1 Å². The minimum absolute atomic E-state index is 0.0617. The van der Waals surface area contributed by atoms with Crippen molar-refractivity contribution in [3.8, 4) is 5.75 Å². The SMILES string of the molecule is COc1cccc(C(=O)Cn2cnc3c(C(=O)N4CCOCC4)c(N4CCC[C@H](N)C4)n(Cc4ccccc4)c3c2=O)c1. The van der Waals surface area contributed by atoms with Crippen molar-refractivity contribution >= 4 is 28.5 Å². The van der Waals surface area contributed by atoms with Crippen LogP contribution in [0.2, 0.25) is 0 Å². The minimum atomic E-state index is -0.388. The highest BCUT2D eigenvalue weighted by molar-refractivity contribution is 6.11. The van der Waals surface area contributed by atoms with Gasteiger partial charge >= 0.3 is 0 Å². The van der Waals surface area contributed by atoms with E-state index < -0.39 is 0 Å². The van der Waals surface area contributed by atoms with Crippen LogP contribution in [0.1, 0.15) is 39.1 Å². The Morgan fingerprint density at radius 2 is 1.86 bits per heavy atom. The summed E-state index contributed by atoms with van der Waals surface area (Å²) in [6.07, 6.45) is 3.13. The highest BCUT2D eigenvalue weighted by atomic mass is 16.5. The number of hydrogen-bond acceptors (Lipinski definition) is 8. The molecule has 0 bridgehead atoms. The van der Waals surface area contributed by atoms with Crippen LogP contribution < -0.4 is 20.9 Å². The third-order valence-corrected chi connectivity index (χ3v) is 8.16. The Labute approximate surface area is 249 Å². The van der Waals surface area contributed by atoms with E-state index in [0.717, 1.165) is 18.4 Å². The molecule has 0 radical (unpaired) electrons. The van der Waals surface area contributed by atoms with E-state index in [-0.39, 0.29) is 35.4 Å². The van der Waals surface area contributed by atoms with Gasteiger partial charge in [0.1, 0.15) is 28.2 Å². The number of morpholine rings is 1. The molecule has 224 valence electrons. The third kappa shape index (κ3) is 5.78. The number of methoxy groups -OCH3 is 1. The second-order valence-corrected chi connectivity index (χ2v) is 11.1. The molecule has 0 spiro atoms. The molecule has 0 aliphatic carbocycles. The maximum Gasteiger partial charge on any atom is 0.278 e. The molecule has 6 rings (SSSR count). The topological polar surface area (TPSA) is 125 Å². The fourth-order valence-electron chi connectivity index (χ4n) is 5.98. The number of carbonyl (C=O) groups excluding carboxylic acids is 2. The smallest absolute Gasteiger partial charge is 0.278 e. The van der Waals surface area contributed by atoms with Gasteiger partial charge in [-0.25, -0.2) is 4.98 Å². The number of Topliss-reactive ketones (excluding diaryl/α,β-unsaturated/α-hetero) is 1. The van der Waals surface area contributed by atoms with E-state index >= 15 is 0 Å². The average Bonchev–Trinajstić information content (AvgIpc) is 3.37. The van der Waals surface area contributed by atoms with Gasteiger partial charge in [0, 0.05) is 44.3 Å². The molecule has 2 saturated heterocycles. The molecule has 1 atom stereocenters. The summed E-state index contributed by atoms with van der Waals surface area (Å²) in [6, 6.07) is 16.6. The molecule has 43 heavy (non-hydrogen) atoms. The van der Waals surface area contributed by atoms with Gasteiger partial charge in [-0.1, -0.05) is 42.5 Å². The normalized spacial score (nSPS) is 17.3. The Morgan fingerprint density at radius 3 is 2.60 bits per heavy atom. The van der Waals surface area contributed by atoms with E-state index in [4.69, 9.17) is 20.2 Å². The zero-order chi connectivity index (χ0) is 29.9. The van der Waals surface area contributed by atoms with Crippen molar-refractivity contribution in [2.75, 3.05) is 51.4 Å². The van der Waals surface area contributed by atoms with Crippen LogP contribution in [-0.4, -0.2) is 83.3 Å². The number of anilines is 1. The number of nitrogens with two attached hydrogens (primary N) is 1. The molecule has 11 heteroatoms. The Bertz CT molecular complexity index is 1690. The molecular weight excluding hydrogens is 548 g/mol. The first-order chi connectivity index (χ1) is 20.9. The lowest BCUT2D eigenvalue weighted by atomic mass is 10.1. The van der Waals surface area contributed by atoms with Crippen LogP contribution in [0.25, 0.3) is 11.0 Å². The van der Waals surface area contributed by atoms with E-state index in [2.05, 4.69) is 4.90 Å². The summed E-state index contributed by atoms with van der Waals surface area (Å²) < 4.78 is 14.0. The zero-order valence-electron chi connectivity index (χ0n) is 24.3. The van der Waals surface area contributed by atoms with Crippen molar-refractivity contribution in [3.63, 3.8) is 0 Å². The number of aromatic nitrogens is 3. The van der Waals surface area contributed by atoms with Crippen LogP contribution in [0, 0.1) is 0 Å². The molecule has 2 aliphatic heterocycles. The predicted molar refractivity (Wildman–Crippen MR) is 163 cm³/mol. The largest absolute Gasteiger partial charge is 0.497 e. The maximum atomic E-state index is 14.3. The quantitative estimate of drug-likeness (QED) is 0.314. The Hall–Kier alpha value is -4.48. The van der Waals surface area contributed by atoms with E-state index in [9.17, 15) is 14.4 Å². The number of ketones is 1. The fourth-order valence-corrected chi connectivity index (χ4v) is 5.98. The van der Waals surface area contributed by atoms with Gasteiger partial charge in [0.2, 0.25) is 0 Å². The van der Waals surface area contributed by atoms with Gasteiger partial charge in [-0.2, -0.15) is 0 Å². The number of ether oxygens (including phenoxy) is 2. The van der Waals surface area contributed by atoms with Crippen molar-refractivity contribution in [3.05, 3.63) is 88.0 Å². The molecule has 2 aromatic heterocycles. The summed E-state index contributed by atoms with van der Waals surface area (Å²) in [5.41, 5.74) is 8.44. The predicted octanol–water partition coefficient (Wildman–Crippen LogP) is 2.54. The summed E-state index contributed by atoms with van der Waals surface area (Å²) in [7, 11) is 1.54. The minimum Gasteiger partial charge on any atom is -0.497 e. The summed E-state index contributed by atoms with van der Waals surface area (Å²) in [5.74, 6) is 0.757. The Kier molecular flexibility index (Phi) is 8.26. The van der Waals surface area contributed by atoms with E-state index in [1.165, 1.54) is 18.0 Å². The van der Waals surface area contributed by atoms with E-state index in [1.54, 1.807) is 29.2 Å². The zero-order valence-corrected chi connectivity index (χ0v) is 24.3. The molecule has 2 aliphatic rings. The van der Waals surface area contributed by atoms with Crippen molar-refractivity contribution in [1.29, 1.82) is 0 Å². The number of carbonyl (C=O) groups is 2. The summed E-state index contributed by atoms with van der Waals surface area (Å²) >= 11 is 0. The summed E-state index contributed by atoms with van der Waals surface area (Å²) in [4.78, 5) is 50.4. The number of nitrogens with zero attached hydrogens (tertiary/aromatic N) is 5. The van der Waals surface area contributed by atoms with Crippen molar-refractivity contribution in [2.24, 2.45) is 5.73 Å². The van der Waals surface area contributed by atoms with Crippen LogP contribution in [0.5, 0.6) is 5.75 Å². The Balaban J connectivity index is 1.53. The molecule has 2 aromatic carbocycles. The molecule has 0 saturated carbocycles. The molecule has 0 unspecified atom stereocenters. The highest BCUT2D eigenvalue weighted by Gasteiger charge is 2.34. The first-order valence-electron chi connectivity index (χ1n) is 14.6. The molecule has 4 aromatic rings. The highest BCUT2D eigenvalue weighted by Crippen LogP contribution is 2.34. The van der Waals surface area contributed by atoms with Gasteiger partial charge in [0.15, 0.2) is 5.78 Å². The number of amides is 1. The van der Waals surface area contributed by atoms with Crippen molar-refractivity contribution in [1.82, 2.24) is 19.0 Å². The standard InChI is InChI=1S/C32H36N6O5/c1-42-25-11-5-9-23(17-25)26(39)20-37-21-34-28-27(31(40)35-13-15-43-16-14-35)30(36-12-6-10-24(33)19-36)38(29(28)32(37)41)18-22-7-3-2-4-8-22/h2-5,7-9,11,17,21,24H,6,10,12-16,18-20,33H2,1H3/t24-/m0/s1. The first-order valence-corrected chi connectivity index (χ1v) is 14.6. The van der Waals surface area contributed by atoms with Gasteiger partial charge in [-0.05, 0) is 30.5 Å². The number of benzene rings is 2. The second kappa shape index (κ2) is 12.4. The van der Waals surface area contributed by atoms with Crippen LogP contribution in [0.3, 0.4) is 0 Å².